The number of carbonyl (C=O) groups excluding carboxylic acids is 2. The van der Waals surface area contributed by atoms with Gasteiger partial charge in [0.1, 0.15) is 5.75 Å². The Morgan fingerprint density at radius 2 is 1.61 bits per heavy atom. The molecule has 23 heavy (non-hydrogen) atoms. The third-order valence-electron chi connectivity index (χ3n) is 2.94. The average molecular weight is 322 g/mol. The van der Waals surface area contributed by atoms with E-state index in [-0.39, 0.29) is 25.2 Å². The van der Waals surface area contributed by atoms with Crippen LogP contribution in [0.15, 0.2) is 24.3 Å². The lowest BCUT2D eigenvalue weighted by Gasteiger charge is -2.08. The molecule has 0 radical (unpaired) electrons. The summed E-state index contributed by atoms with van der Waals surface area (Å²) in [5, 5.41) is 8.44. The fraction of sp³-hybridized carbons (Fsp3) is 0.438. The van der Waals surface area contributed by atoms with E-state index >= 15 is 0 Å². The summed E-state index contributed by atoms with van der Waals surface area (Å²) >= 11 is 0. The van der Waals surface area contributed by atoms with Gasteiger partial charge in [-0.3, -0.25) is 25.2 Å². The summed E-state index contributed by atoms with van der Waals surface area (Å²) in [4.78, 5) is 33.2. The zero-order valence-electron chi connectivity index (χ0n) is 13.1. The molecular weight excluding hydrogens is 300 g/mol. The van der Waals surface area contributed by atoms with Gasteiger partial charge in [0.15, 0.2) is 0 Å². The summed E-state index contributed by atoms with van der Waals surface area (Å²) in [5.41, 5.74) is 5.43. The van der Waals surface area contributed by atoms with Crippen molar-refractivity contribution in [3.8, 4) is 5.75 Å². The molecular formula is C16H22N2O5. The van der Waals surface area contributed by atoms with E-state index in [1.807, 2.05) is 31.2 Å². The summed E-state index contributed by atoms with van der Waals surface area (Å²) in [6.07, 6.45) is 1.25. The Labute approximate surface area is 135 Å². The number of carbonyl (C=O) groups is 3. The number of carboxylic acid groups (broad SMARTS) is 1. The van der Waals surface area contributed by atoms with Crippen molar-refractivity contribution in [1.29, 1.82) is 0 Å². The van der Waals surface area contributed by atoms with Gasteiger partial charge in [-0.1, -0.05) is 19.1 Å². The van der Waals surface area contributed by atoms with Crippen LogP contribution in [0.5, 0.6) is 5.75 Å². The molecule has 3 N–H and O–H groups in total. The predicted octanol–water partition coefficient (Wildman–Crippen LogP) is 1.42. The van der Waals surface area contributed by atoms with Crippen LogP contribution < -0.4 is 15.6 Å². The first kappa shape index (κ1) is 18.5. The van der Waals surface area contributed by atoms with E-state index in [1.54, 1.807) is 0 Å². The topological polar surface area (TPSA) is 105 Å². The van der Waals surface area contributed by atoms with Crippen LogP contribution in [0.3, 0.4) is 0 Å². The van der Waals surface area contributed by atoms with E-state index in [0.717, 1.165) is 17.7 Å². The Hall–Kier alpha value is -2.57. The highest BCUT2D eigenvalue weighted by molar-refractivity contribution is 5.84. The van der Waals surface area contributed by atoms with Gasteiger partial charge >= 0.3 is 5.97 Å². The second-order valence-corrected chi connectivity index (χ2v) is 4.98. The zero-order valence-corrected chi connectivity index (χ0v) is 13.1. The fourth-order valence-corrected chi connectivity index (χ4v) is 1.72. The van der Waals surface area contributed by atoms with Crippen molar-refractivity contribution in [3.63, 3.8) is 0 Å². The smallest absolute Gasteiger partial charge is 0.303 e. The molecule has 0 aliphatic heterocycles. The van der Waals surface area contributed by atoms with Gasteiger partial charge in [-0.2, -0.15) is 0 Å². The molecule has 0 bridgehead atoms. The minimum Gasteiger partial charge on any atom is -0.494 e. The van der Waals surface area contributed by atoms with Crippen LogP contribution in [-0.4, -0.2) is 29.5 Å². The molecule has 1 aromatic rings. The molecule has 0 fully saturated rings. The normalized spacial score (nSPS) is 9.96. The minimum atomic E-state index is -1.06. The highest BCUT2D eigenvalue weighted by Gasteiger charge is 2.07. The van der Waals surface area contributed by atoms with Crippen molar-refractivity contribution in [2.24, 2.45) is 0 Å². The first-order chi connectivity index (χ1) is 11.0. The van der Waals surface area contributed by atoms with Crippen molar-refractivity contribution in [2.45, 2.75) is 39.0 Å². The SMILES string of the molecule is CCCOc1ccc(CCC(=O)NNC(=O)CCC(=O)O)cc1. The quantitative estimate of drug-likeness (QED) is 0.596. The number of ether oxygens (including phenoxy) is 1. The molecule has 0 aliphatic carbocycles. The molecule has 1 rings (SSSR count). The lowest BCUT2D eigenvalue weighted by atomic mass is 10.1. The molecule has 126 valence electrons. The second-order valence-electron chi connectivity index (χ2n) is 4.98. The Bertz CT molecular complexity index is 528. The summed E-state index contributed by atoms with van der Waals surface area (Å²) in [6.45, 7) is 2.71. The summed E-state index contributed by atoms with van der Waals surface area (Å²) in [6, 6.07) is 7.50. The molecule has 0 spiro atoms. The monoisotopic (exact) mass is 322 g/mol. The number of hydrazine groups is 1. The number of nitrogens with one attached hydrogen (secondary N) is 2. The summed E-state index contributed by atoms with van der Waals surface area (Å²) < 4.78 is 5.47. The van der Waals surface area contributed by atoms with Gasteiger partial charge in [0.2, 0.25) is 11.8 Å². The fourth-order valence-electron chi connectivity index (χ4n) is 1.72. The third-order valence-corrected chi connectivity index (χ3v) is 2.94. The van der Waals surface area contributed by atoms with Crippen LogP contribution in [0, 0.1) is 0 Å². The number of aryl methyl sites for hydroxylation is 1. The summed E-state index contributed by atoms with van der Waals surface area (Å²) in [7, 11) is 0. The molecule has 0 atom stereocenters. The van der Waals surface area contributed by atoms with Gasteiger partial charge in [0, 0.05) is 12.8 Å². The minimum absolute atomic E-state index is 0.172. The Morgan fingerprint density at radius 1 is 1.00 bits per heavy atom. The highest BCUT2D eigenvalue weighted by Crippen LogP contribution is 2.13. The molecule has 0 aromatic heterocycles. The summed E-state index contributed by atoms with van der Waals surface area (Å²) in [5.74, 6) is -1.12. The van der Waals surface area contributed by atoms with Crippen LogP contribution in [0.2, 0.25) is 0 Å². The van der Waals surface area contributed by atoms with E-state index < -0.39 is 11.9 Å². The number of hydrogen-bond acceptors (Lipinski definition) is 4. The van der Waals surface area contributed by atoms with E-state index in [0.29, 0.717) is 13.0 Å². The van der Waals surface area contributed by atoms with Crippen LogP contribution >= 0.6 is 0 Å². The largest absolute Gasteiger partial charge is 0.494 e. The predicted molar refractivity (Wildman–Crippen MR) is 83.7 cm³/mol. The van der Waals surface area contributed by atoms with Crippen molar-refractivity contribution >= 4 is 17.8 Å². The van der Waals surface area contributed by atoms with Crippen LogP contribution in [0.25, 0.3) is 0 Å². The van der Waals surface area contributed by atoms with Gasteiger partial charge in [0.05, 0.1) is 13.0 Å². The van der Waals surface area contributed by atoms with Gasteiger partial charge in [-0.25, -0.2) is 0 Å². The maximum Gasteiger partial charge on any atom is 0.303 e. The van der Waals surface area contributed by atoms with Gasteiger partial charge < -0.3 is 9.84 Å². The number of rotatable bonds is 9. The van der Waals surface area contributed by atoms with Gasteiger partial charge in [-0.15, -0.1) is 0 Å². The van der Waals surface area contributed by atoms with E-state index in [2.05, 4.69) is 10.9 Å². The number of aliphatic carboxylic acids is 1. The van der Waals surface area contributed by atoms with Gasteiger partial charge in [-0.05, 0) is 30.5 Å². The zero-order chi connectivity index (χ0) is 17.1. The molecule has 0 aliphatic rings. The van der Waals surface area contributed by atoms with Crippen molar-refractivity contribution < 1.29 is 24.2 Å². The molecule has 0 unspecified atom stereocenters. The first-order valence-corrected chi connectivity index (χ1v) is 7.52. The Balaban J connectivity index is 2.25. The van der Waals surface area contributed by atoms with Crippen LogP contribution in [0.4, 0.5) is 0 Å². The molecule has 1 aromatic carbocycles. The number of amides is 2. The van der Waals surface area contributed by atoms with Crippen molar-refractivity contribution in [3.05, 3.63) is 29.8 Å². The molecule has 0 heterocycles. The maximum absolute atomic E-state index is 11.6. The van der Waals surface area contributed by atoms with E-state index in [1.165, 1.54) is 0 Å². The number of hydrogen-bond donors (Lipinski definition) is 3. The standard InChI is InChI=1S/C16H22N2O5/c1-2-11-23-13-6-3-12(4-7-13)5-8-14(19)17-18-15(20)9-10-16(21)22/h3-4,6-7H,2,5,8-11H2,1H3,(H,17,19)(H,18,20)(H,21,22). The molecule has 0 saturated carbocycles. The first-order valence-electron chi connectivity index (χ1n) is 7.52. The van der Waals surface area contributed by atoms with E-state index in [4.69, 9.17) is 9.84 Å². The molecule has 0 saturated heterocycles. The average Bonchev–Trinajstić information content (AvgIpc) is 2.55. The van der Waals surface area contributed by atoms with Crippen LogP contribution in [-0.2, 0) is 20.8 Å². The van der Waals surface area contributed by atoms with Gasteiger partial charge in [0.25, 0.3) is 0 Å². The van der Waals surface area contributed by atoms with Crippen molar-refractivity contribution in [2.75, 3.05) is 6.61 Å². The second kappa shape index (κ2) is 10.2. The lowest BCUT2D eigenvalue weighted by molar-refractivity contribution is -0.139. The Morgan fingerprint density at radius 3 is 2.17 bits per heavy atom. The molecule has 2 amide bonds. The Kier molecular flexibility index (Phi) is 8.20. The third kappa shape index (κ3) is 8.45. The van der Waals surface area contributed by atoms with Crippen molar-refractivity contribution in [1.82, 2.24) is 10.9 Å². The van der Waals surface area contributed by atoms with E-state index in [9.17, 15) is 14.4 Å². The number of benzene rings is 1. The molecule has 7 heteroatoms. The molecule has 7 nitrogen and oxygen atoms in total. The number of carboxylic acids is 1. The maximum atomic E-state index is 11.6. The lowest BCUT2D eigenvalue weighted by Crippen LogP contribution is -2.41. The van der Waals surface area contributed by atoms with Crippen LogP contribution in [0.1, 0.15) is 38.2 Å². The highest BCUT2D eigenvalue weighted by atomic mass is 16.5.